The average Bonchev–Trinajstić information content (AvgIpc) is 3.31. The lowest BCUT2D eigenvalue weighted by atomic mass is 10.2. The number of hydrogen-bond donors (Lipinski definition) is 0. The van der Waals surface area contributed by atoms with Crippen LogP contribution >= 0.6 is 22.9 Å². The molecule has 3 heterocycles. The van der Waals surface area contributed by atoms with E-state index in [0.717, 1.165) is 17.4 Å². The number of Topliss-reactive ketones (excluding diaryl/α,β-unsaturated/α-hetero) is 1. The van der Waals surface area contributed by atoms with E-state index in [0.29, 0.717) is 8.99 Å². The van der Waals surface area contributed by atoms with Crippen molar-refractivity contribution >= 4 is 55.5 Å². The van der Waals surface area contributed by atoms with E-state index in [1.807, 2.05) is 0 Å². The molecule has 0 aliphatic carbocycles. The van der Waals surface area contributed by atoms with Crippen LogP contribution in [0.4, 0.5) is 23.4 Å². The van der Waals surface area contributed by atoms with Crippen molar-refractivity contribution in [3.05, 3.63) is 39.5 Å². The van der Waals surface area contributed by atoms with Crippen LogP contribution in [-0.2, 0) is 10.0 Å². The van der Waals surface area contributed by atoms with Gasteiger partial charge >= 0.3 is 11.8 Å². The molecule has 4 rings (SSSR count). The molecule has 0 bridgehead atoms. The molecule has 160 valence electrons. The molecule has 0 unspecified atom stereocenters. The molecule has 1 aliphatic heterocycles. The van der Waals surface area contributed by atoms with Crippen LogP contribution < -0.4 is 4.90 Å². The zero-order valence-electron chi connectivity index (χ0n) is 15.1. The maximum atomic E-state index is 13.7. The van der Waals surface area contributed by atoms with Gasteiger partial charge in [-0.1, -0.05) is 17.7 Å². The lowest BCUT2D eigenvalue weighted by molar-refractivity contribution is -0.172. The first kappa shape index (κ1) is 21.1. The number of carbonyl (C=O) groups excluding carboxylic acids is 1. The number of carbonyl (C=O) groups is 1. The highest BCUT2D eigenvalue weighted by molar-refractivity contribution is 7.90. The van der Waals surface area contributed by atoms with Crippen LogP contribution in [0.15, 0.2) is 34.5 Å². The molecule has 1 saturated heterocycles. The van der Waals surface area contributed by atoms with Gasteiger partial charge in [0, 0.05) is 5.38 Å². The van der Waals surface area contributed by atoms with Gasteiger partial charge in [-0.15, -0.1) is 16.4 Å². The molecule has 6 nitrogen and oxygen atoms in total. The first-order valence-electron chi connectivity index (χ1n) is 8.38. The molecule has 0 saturated carbocycles. The number of ketones is 1. The molecule has 1 aliphatic rings. The quantitative estimate of drug-likeness (QED) is 0.411. The van der Waals surface area contributed by atoms with Gasteiger partial charge < -0.3 is 4.90 Å². The minimum absolute atomic E-state index is 0.0303. The van der Waals surface area contributed by atoms with Crippen LogP contribution in [-0.4, -0.2) is 48.3 Å². The Morgan fingerprint density at radius 2 is 1.83 bits per heavy atom. The van der Waals surface area contributed by atoms with Crippen LogP contribution in [0.1, 0.15) is 16.6 Å². The van der Waals surface area contributed by atoms with Crippen molar-refractivity contribution in [1.82, 2.24) is 9.19 Å². The highest BCUT2D eigenvalue weighted by Gasteiger charge is 2.63. The molecular weight excluding hydrogens is 470 g/mol. The Labute approximate surface area is 176 Å². The van der Waals surface area contributed by atoms with Crippen molar-refractivity contribution in [3.8, 4) is 0 Å². The summed E-state index contributed by atoms with van der Waals surface area (Å²) in [6.45, 7) is -1.41. The van der Waals surface area contributed by atoms with Crippen molar-refractivity contribution in [2.75, 3.05) is 18.0 Å². The third-order valence-electron chi connectivity index (χ3n) is 4.67. The van der Waals surface area contributed by atoms with E-state index in [9.17, 15) is 30.8 Å². The number of benzene rings is 1. The molecule has 13 heteroatoms. The van der Waals surface area contributed by atoms with Crippen LogP contribution in [0.5, 0.6) is 0 Å². The number of nitrogens with zero attached hydrogens (tertiary/aromatic N) is 3. The third kappa shape index (κ3) is 3.08. The molecule has 1 fully saturated rings. The van der Waals surface area contributed by atoms with Gasteiger partial charge in [0.1, 0.15) is 4.90 Å². The number of rotatable bonds is 4. The van der Waals surface area contributed by atoms with E-state index in [2.05, 4.69) is 5.10 Å². The van der Waals surface area contributed by atoms with Gasteiger partial charge in [-0.25, -0.2) is 0 Å². The van der Waals surface area contributed by atoms with Crippen molar-refractivity contribution in [2.24, 2.45) is 0 Å². The summed E-state index contributed by atoms with van der Waals surface area (Å²) in [5.41, 5.74) is -0.0633. The maximum absolute atomic E-state index is 13.7. The number of halogens is 5. The molecule has 0 spiro atoms. The summed E-state index contributed by atoms with van der Waals surface area (Å²) in [7, 11) is -4.36. The van der Waals surface area contributed by atoms with Gasteiger partial charge in [-0.3, -0.25) is 4.79 Å². The van der Waals surface area contributed by atoms with Crippen molar-refractivity contribution in [2.45, 2.75) is 23.7 Å². The van der Waals surface area contributed by atoms with Crippen molar-refractivity contribution in [1.29, 1.82) is 0 Å². The Morgan fingerprint density at radius 1 is 1.20 bits per heavy atom. The average molecular weight is 482 g/mol. The molecule has 0 amide bonds. The second kappa shape index (κ2) is 6.66. The van der Waals surface area contributed by atoms with Crippen molar-refractivity contribution < 1.29 is 30.8 Å². The summed E-state index contributed by atoms with van der Waals surface area (Å²) in [5.74, 6) is -9.35. The summed E-state index contributed by atoms with van der Waals surface area (Å²) in [5, 5.41) is 5.05. The van der Waals surface area contributed by atoms with Gasteiger partial charge in [0.2, 0.25) is 0 Å². The fourth-order valence-corrected chi connectivity index (χ4v) is 5.84. The second-order valence-corrected chi connectivity index (χ2v) is 9.86. The van der Waals surface area contributed by atoms with Gasteiger partial charge in [-0.2, -0.15) is 30.1 Å². The van der Waals surface area contributed by atoms with E-state index in [-0.39, 0.29) is 31.5 Å². The molecule has 0 atom stereocenters. The number of hydrogen-bond acceptors (Lipinski definition) is 6. The molecular formula is C17H12ClF4N3O3S2. The Hall–Kier alpha value is -2.18. The summed E-state index contributed by atoms with van der Waals surface area (Å²) < 4.78 is 81.7. The first-order chi connectivity index (χ1) is 13.8. The summed E-state index contributed by atoms with van der Waals surface area (Å²) in [4.78, 5) is 12.1. The van der Waals surface area contributed by atoms with Gasteiger partial charge in [0.25, 0.3) is 10.0 Å². The molecule has 0 radical (unpaired) electrons. The number of aromatic nitrogens is 2. The largest absolute Gasteiger partial charge is 0.342 e. The Bertz CT molecular complexity index is 1270. The van der Waals surface area contributed by atoms with Crippen LogP contribution in [0.25, 0.3) is 10.9 Å². The summed E-state index contributed by atoms with van der Waals surface area (Å²) >= 11 is 7.06. The highest BCUT2D eigenvalue weighted by atomic mass is 35.5. The lowest BCUT2D eigenvalue weighted by Gasteiger charge is -2.14. The van der Waals surface area contributed by atoms with Crippen molar-refractivity contribution in [3.63, 3.8) is 0 Å². The lowest BCUT2D eigenvalue weighted by Crippen LogP contribution is -2.38. The smallest absolute Gasteiger partial charge is 0.329 e. The number of fused-ring (bicyclic) bond motifs is 1. The van der Waals surface area contributed by atoms with Crippen LogP contribution in [0.3, 0.4) is 0 Å². The fourth-order valence-electron chi connectivity index (χ4n) is 3.14. The third-order valence-corrected chi connectivity index (χ3v) is 7.73. The highest BCUT2D eigenvalue weighted by Crippen LogP contribution is 2.45. The molecule has 0 N–H and O–H groups in total. The standard InChI is InChI=1S/C17H12ClF4N3O3S2/c1-9(26)13-5-10(6-29-13)30(27,28)25-12-4-2-3-11(18)14(12)15(23-25)24-7-16(19,20)17(21,22)8-24/h2-6H,7-8H2,1H3. The molecule has 2 aromatic heterocycles. The normalized spacial score (nSPS) is 18.3. The van der Waals surface area contributed by atoms with Gasteiger partial charge in [0.15, 0.2) is 11.6 Å². The number of thiophene rings is 1. The topological polar surface area (TPSA) is 72.3 Å². The minimum Gasteiger partial charge on any atom is -0.342 e. The molecule has 3 aromatic rings. The second-order valence-electron chi connectivity index (χ2n) is 6.77. The van der Waals surface area contributed by atoms with Crippen LogP contribution in [0.2, 0.25) is 5.02 Å². The van der Waals surface area contributed by atoms with E-state index < -0.39 is 40.8 Å². The van der Waals surface area contributed by atoms with E-state index in [1.165, 1.54) is 30.5 Å². The Balaban J connectivity index is 1.91. The fraction of sp³-hybridized carbons (Fsp3) is 0.294. The first-order valence-corrected chi connectivity index (χ1v) is 11.1. The maximum Gasteiger partial charge on any atom is 0.329 e. The summed E-state index contributed by atoms with van der Waals surface area (Å²) in [6, 6.07) is 5.29. The monoisotopic (exact) mass is 481 g/mol. The Morgan fingerprint density at radius 3 is 2.40 bits per heavy atom. The van der Waals surface area contributed by atoms with Gasteiger partial charge in [0.05, 0.1) is 33.9 Å². The zero-order chi connectivity index (χ0) is 22.1. The SMILES string of the molecule is CC(=O)c1cc(S(=O)(=O)n2nc(N3CC(F)(F)C(F)(F)C3)c3c(Cl)cccc32)cs1. The number of alkyl halides is 4. The predicted octanol–water partition coefficient (Wildman–Crippen LogP) is 4.28. The molecule has 1 aromatic carbocycles. The number of anilines is 1. The van der Waals surface area contributed by atoms with E-state index in [1.54, 1.807) is 0 Å². The Kier molecular flexibility index (Phi) is 4.68. The molecule has 30 heavy (non-hydrogen) atoms. The van der Waals surface area contributed by atoms with E-state index in [4.69, 9.17) is 11.6 Å². The zero-order valence-corrected chi connectivity index (χ0v) is 17.5. The predicted molar refractivity (Wildman–Crippen MR) is 104 cm³/mol. The van der Waals surface area contributed by atoms with E-state index >= 15 is 0 Å². The van der Waals surface area contributed by atoms with Gasteiger partial charge in [-0.05, 0) is 25.1 Å². The summed E-state index contributed by atoms with van der Waals surface area (Å²) in [6.07, 6.45) is 0. The minimum atomic E-state index is -4.36. The van der Waals surface area contributed by atoms with Crippen LogP contribution in [0, 0.1) is 0 Å².